The maximum atomic E-state index is 11.9. The SMILES string of the molecule is CC.CC(C)N(CCCc1cc(CO)ccc1OCOC(=O)C(C)(C)C)C(C)C.c1ccccc1. The van der Waals surface area contributed by atoms with Gasteiger partial charge in [-0.25, -0.2) is 0 Å². The molecule has 35 heavy (non-hydrogen) atoms. The van der Waals surface area contributed by atoms with Crippen LogP contribution in [0.5, 0.6) is 5.75 Å². The van der Waals surface area contributed by atoms with Gasteiger partial charge in [0.2, 0.25) is 6.79 Å². The molecule has 0 saturated carbocycles. The van der Waals surface area contributed by atoms with Gasteiger partial charge in [-0.05, 0) is 91.1 Å². The molecule has 2 aromatic carbocycles. The van der Waals surface area contributed by atoms with Crippen LogP contribution in [0.15, 0.2) is 54.6 Å². The first-order valence-electron chi connectivity index (χ1n) is 12.8. The van der Waals surface area contributed by atoms with E-state index in [2.05, 4.69) is 32.6 Å². The fourth-order valence-electron chi connectivity index (χ4n) is 3.38. The van der Waals surface area contributed by atoms with Crippen molar-refractivity contribution in [3.63, 3.8) is 0 Å². The van der Waals surface area contributed by atoms with E-state index in [-0.39, 0.29) is 19.4 Å². The molecule has 0 spiro atoms. The second-order valence-corrected chi connectivity index (χ2v) is 9.73. The summed E-state index contributed by atoms with van der Waals surface area (Å²) >= 11 is 0. The van der Waals surface area contributed by atoms with E-state index < -0.39 is 5.41 Å². The van der Waals surface area contributed by atoms with Crippen LogP contribution >= 0.6 is 0 Å². The summed E-state index contributed by atoms with van der Waals surface area (Å²) in [6, 6.07) is 18.6. The lowest BCUT2D eigenvalue weighted by Gasteiger charge is -2.30. The third kappa shape index (κ3) is 13.9. The molecule has 0 fully saturated rings. The van der Waals surface area contributed by atoms with Crippen LogP contribution in [0, 0.1) is 5.41 Å². The Morgan fingerprint density at radius 1 is 0.943 bits per heavy atom. The number of aryl methyl sites for hydroxylation is 1. The van der Waals surface area contributed by atoms with Gasteiger partial charge in [0.1, 0.15) is 5.75 Å². The van der Waals surface area contributed by atoms with Crippen molar-refractivity contribution in [1.29, 1.82) is 0 Å². The van der Waals surface area contributed by atoms with Crippen molar-refractivity contribution < 1.29 is 19.4 Å². The zero-order valence-electron chi connectivity index (χ0n) is 23.5. The van der Waals surface area contributed by atoms with Crippen LogP contribution in [0.4, 0.5) is 0 Å². The molecular formula is C30H49NO4. The summed E-state index contributed by atoms with van der Waals surface area (Å²) in [5.74, 6) is 0.412. The number of ether oxygens (including phenoxy) is 2. The zero-order valence-corrected chi connectivity index (χ0v) is 23.5. The Bertz CT molecular complexity index is 763. The van der Waals surface area contributed by atoms with Gasteiger partial charge in [-0.3, -0.25) is 9.69 Å². The van der Waals surface area contributed by atoms with Gasteiger partial charge in [-0.15, -0.1) is 0 Å². The molecule has 0 aromatic heterocycles. The number of nitrogens with zero attached hydrogens (tertiary/aromatic N) is 1. The molecule has 5 heteroatoms. The number of hydrogen-bond donors (Lipinski definition) is 1. The van der Waals surface area contributed by atoms with E-state index in [1.54, 1.807) is 0 Å². The van der Waals surface area contributed by atoms with Gasteiger partial charge < -0.3 is 14.6 Å². The molecular weight excluding hydrogens is 438 g/mol. The number of aliphatic hydroxyl groups is 1. The summed E-state index contributed by atoms with van der Waals surface area (Å²) in [4.78, 5) is 14.3. The Morgan fingerprint density at radius 3 is 1.89 bits per heavy atom. The normalized spacial score (nSPS) is 10.9. The fraction of sp³-hybridized carbons (Fsp3) is 0.567. The summed E-state index contributed by atoms with van der Waals surface area (Å²) in [5.41, 5.74) is 1.33. The van der Waals surface area contributed by atoms with Gasteiger partial charge in [0.05, 0.1) is 12.0 Å². The average molecular weight is 488 g/mol. The highest BCUT2D eigenvalue weighted by Gasteiger charge is 2.23. The average Bonchev–Trinajstić information content (AvgIpc) is 2.84. The maximum absolute atomic E-state index is 11.9. The van der Waals surface area contributed by atoms with Crippen LogP contribution in [0.25, 0.3) is 0 Å². The minimum atomic E-state index is -0.552. The molecule has 5 nitrogen and oxygen atoms in total. The van der Waals surface area contributed by atoms with E-state index >= 15 is 0 Å². The maximum Gasteiger partial charge on any atom is 0.314 e. The van der Waals surface area contributed by atoms with Gasteiger partial charge in [0, 0.05) is 12.1 Å². The highest BCUT2D eigenvalue weighted by molar-refractivity contribution is 5.75. The van der Waals surface area contributed by atoms with E-state index in [1.807, 2.05) is 89.2 Å². The van der Waals surface area contributed by atoms with Gasteiger partial charge in [-0.1, -0.05) is 56.3 Å². The van der Waals surface area contributed by atoms with Crippen LogP contribution < -0.4 is 4.74 Å². The molecule has 0 radical (unpaired) electrons. The molecule has 0 heterocycles. The van der Waals surface area contributed by atoms with Crippen LogP contribution in [0.2, 0.25) is 0 Å². The lowest BCUT2D eigenvalue weighted by molar-refractivity contribution is -0.159. The molecule has 2 aromatic rings. The highest BCUT2D eigenvalue weighted by atomic mass is 16.7. The lowest BCUT2D eigenvalue weighted by atomic mass is 9.98. The minimum Gasteiger partial charge on any atom is -0.457 e. The molecule has 0 aliphatic heterocycles. The van der Waals surface area contributed by atoms with Crippen molar-refractivity contribution in [3.05, 3.63) is 65.7 Å². The molecule has 0 unspecified atom stereocenters. The van der Waals surface area contributed by atoms with E-state index in [0.717, 1.165) is 30.5 Å². The Kier molecular flexibility index (Phi) is 16.8. The quantitative estimate of drug-likeness (QED) is 0.293. The molecule has 0 aliphatic carbocycles. The summed E-state index contributed by atoms with van der Waals surface area (Å²) in [6.45, 7) is 19.2. The molecule has 0 saturated heterocycles. The predicted molar refractivity (Wildman–Crippen MR) is 146 cm³/mol. The van der Waals surface area contributed by atoms with Gasteiger partial charge in [0.25, 0.3) is 0 Å². The highest BCUT2D eigenvalue weighted by Crippen LogP contribution is 2.23. The first-order valence-corrected chi connectivity index (χ1v) is 12.8. The lowest BCUT2D eigenvalue weighted by Crippen LogP contribution is -2.37. The van der Waals surface area contributed by atoms with E-state index in [4.69, 9.17) is 9.47 Å². The van der Waals surface area contributed by atoms with E-state index in [1.165, 1.54) is 0 Å². The number of esters is 1. The van der Waals surface area contributed by atoms with Crippen LogP contribution in [-0.4, -0.2) is 41.4 Å². The smallest absolute Gasteiger partial charge is 0.314 e. The molecule has 1 N–H and O–H groups in total. The summed E-state index contributed by atoms with van der Waals surface area (Å²) < 4.78 is 10.9. The molecule has 0 atom stereocenters. The zero-order chi connectivity index (χ0) is 26.9. The second-order valence-electron chi connectivity index (χ2n) is 9.73. The Balaban J connectivity index is 0.00000123. The van der Waals surface area contributed by atoms with Gasteiger partial charge >= 0.3 is 5.97 Å². The first-order chi connectivity index (χ1) is 16.6. The Morgan fingerprint density at radius 2 is 1.46 bits per heavy atom. The third-order valence-electron chi connectivity index (χ3n) is 5.18. The monoisotopic (exact) mass is 487 g/mol. The molecule has 0 amide bonds. The largest absolute Gasteiger partial charge is 0.457 e. The number of hydrogen-bond acceptors (Lipinski definition) is 5. The predicted octanol–water partition coefficient (Wildman–Crippen LogP) is 6.87. The standard InChI is InChI=1S/C22H37NO4.C6H6.C2H6/c1-16(2)23(17(3)4)12-8-9-19-13-18(14-24)10-11-20(19)26-15-27-21(25)22(5,6)7;1-2-4-6-5-3-1;1-2/h10-11,13,16-17,24H,8-9,12,14-15H2,1-7H3;1-6H;1-2H3. The molecule has 0 bridgehead atoms. The van der Waals surface area contributed by atoms with Gasteiger partial charge in [0.15, 0.2) is 0 Å². The van der Waals surface area contributed by atoms with Crippen LogP contribution in [-0.2, 0) is 22.6 Å². The fourth-order valence-corrected chi connectivity index (χ4v) is 3.38. The first kappa shape index (κ1) is 32.6. The van der Waals surface area contributed by atoms with Crippen LogP contribution in [0.1, 0.15) is 79.9 Å². The van der Waals surface area contributed by atoms with Crippen molar-refractivity contribution in [1.82, 2.24) is 4.90 Å². The minimum absolute atomic E-state index is 0.00357. The summed E-state index contributed by atoms with van der Waals surface area (Å²) in [7, 11) is 0. The van der Waals surface area contributed by atoms with E-state index in [9.17, 15) is 9.90 Å². The van der Waals surface area contributed by atoms with Gasteiger partial charge in [-0.2, -0.15) is 0 Å². The number of carbonyl (C=O) groups excluding carboxylic acids is 1. The van der Waals surface area contributed by atoms with Crippen molar-refractivity contribution in [2.75, 3.05) is 13.3 Å². The van der Waals surface area contributed by atoms with Crippen LogP contribution in [0.3, 0.4) is 0 Å². The summed E-state index contributed by atoms with van der Waals surface area (Å²) in [5, 5.41) is 9.43. The van der Waals surface area contributed by atoms with Crippen molar-refractivity contribution in [3.8, 4) is 5.75 Å². The molecule has 198 valence electrons. The van der Waals surface area contributed by atoms with Crippen molar-refractivity contribution in [2.24, 2.45) is 5.41 Å². The van der Waals surface area contributed by atoms with Crippen molar-refractivity contribution in [2.45, 2.75) is 93.8 Å². The number of aliphatic hydroxyl groups excluding tert-OH is 1. The number of carbonyl (C=O) groups is 1. The van der Waals surface area contributed by atoms with Crippen molar-refractivity contribution >= 4 is 5.97 Å². The third-order valence-corrected chi connectivity index (χ3v) is 5.18. The molecule has 0 aliphatic rings. The number of rotatable bonds is 10. The topological polar surface area (TPSA) is 59.0 Å². The number of benzene rings is 2. The second kappa shape index (κ2) is 18.0. The summed E-state index contributed by atoms with van der Waals surface area (Å²) in [6.07, 6.45) is 1.83. The molecule has 2 rings (SSSR count). The Labute approximate surface area is 214 Å². The van der Waals surface area contributed by atoms with E-state index in [0.29, 0.717) is 17.8 Å². The Hall–Kier alpha value is -2.37.